The molecule has 0 aliphatic heterocycles. The van der Waals surface area contributed by atoms with Gasteiger partial charge in [0.15, 0.2) is 0 Å². The molecule has 0 fully saturated rings. The molecule has 82 valence electrons. The molecule has 0 saturated heterocycles. The van der Waals surface area contributed by atoms with E-state index < -0.39 is 23.9 Å². The van der Waals surface area contributed by atoms with Crippen LogP contribution in [-0.2, 0) is 14.4 Å². The number of carboxylic acid groups (broad SMARTS) is 3. The van der Waals surface area contributed by atoms with Crippen molar-refractivity contribution < 1.29 is 148 Å². The SMILES string of the molecule is CC(=O)[O-].N[C@@H](CCC(=O)[O-])C(=O)[O-].[Na+].[Na+].[Na+].[Na+]. The molecule has 0 spiro atoms. The summed E-state index contributed by atoms with van der Waals surface area (Å²) in [6.07, 6.45) is -0.500. The van der Waals surface area contributed by atoms with E-state index in [0.717, 1.165) is 6.92 Å². The molecule has 0 unspecified atom stereocenters. The number of hydrogen-bond donors (Lipinski definition) is 1. The van der Waals surface area contributed by atoms with Crippen LogP contribution in [0.1, 0.15) is 19.8 Å². The van der Waals surface area contributed by atoms with Crippen LogP contribution < -0.4 is 139 Å². The van der Waals surface area contributed by atoms with Gasteiger partial charge < -0.3 is 35.4 Å². The van der Waals surface area contributed by atoms with E-state index in [1.54, 1.807) is 0 Å². The Kier molecular flexibility index (Phi) is 50.2. The monoisotopic (exact) mass is 296 g/mol. The van der Waals surface area contributed by atoms with Crippen molar-refractivity contribution in [2.45, 2.75) is 25.8 Å². The number of aliphatic carboxylic acids is 3. The molecule has 0 aliphatic carbocycles. The predicted octanol–water partition coefficient (Wildman–Crippen LogP) is -16.6. The van der Waals surface area contributed by atoms with Crippen LogP contribution in [0.4, 0.5) is 0 Å². The Bertz CT molecular complexity index is 224. The van der Waals surface area contributed by atoms with E-state index in [1.807, 2.05) is 0 Å². The van der Waals surface area contributed by atoms with E-state index in [2.05, 4.69) is 0 Å². The Balaban J connectivity index is -0.0000000402. The van der Waals surface area contributed by atoms with Crippen LogP contribution >= 0.6 is 0 Å². The van der Waals surface area contributed by atoms with Crippen LogP contribution in [-0.4, -0.2) is 23.9 Å². The van der Waals surface area contributed by atoms with Crippen molar-refractivity contribution in [2.24, 2.45) is 5.73 Å². The molecule has 0 aromatic rings. The van der Waals surface area contributed by atoms with Crippen molar-refractivity contribution in [3.63, 3.8) is 0 Å². The molecule has 1 atom stereocenters. The van der Waals surface area contributed by atoms with Gasteiger partial charge in [0, 0.05) is 18.0 Å². The predicted molar refractivity (Wildman–Crippen MR) is 37.9 cm³/mol. The summed E-state index contributed by atoms with van der Waals surface area (Å²) in [6, 6.07) is -1.21. The summed E-state index contributed by atoms with van der Waals surface area (Å²) in [5.41, 5.74) is 4.91. The van der Waals surface area contributed by atoms with Crippen LogP contribution in [0.3, 0.4) is 0 Å². The molecule has 18 heavy (non-hydrogen) atoms. The van der Waals surface area contributed by atoms with Crippen molar-refractivity contribution in [3.8, 4) is 0 Å². The first-order chi connectivity index (χ1) is 6.27. The molecular formula is C7H10NNa4O6+. The number of rotatable bonds is 4. The fourth-order valence-corrected chi connectivity index (χ4v) is 0.391. The zero-order chi connectivity index (χ0) is 11.7. The molecule has 0 rings (SSSR count). The molecule has 0 aromatic carbocycles. The van der Waals surface area contributed by atoms with Crippen molar-refractivity contribution in [1.82, 2.24) is 0 Å². The van der Waals surface area contributed by atoms with E-state index in [0.29, 0.717) is 0 Å². The summed E-state index contributed by atoms with van der Waals surface area (Å²) in [5, 5.41) is 28.5. The molecule has 0 bridgehead atoms. The third kappa shape index (κ3) is 42.9. The van der Waals surface area contributed by atoms with Gasteiger partial charge in [0.1, 0.15) is 0 Å². The molecule has 0 aromatic heterocycles. The summed E-state index contributed by atoms with van der Waals surface area (Å²) < 4.78 is 0. The van der Waals surface area contributed by atoms with Crippen LogP contribution in [0.5, 0.6) is 0 Å². The molecule has 7 nitrogen and oxygen atoms in total. The minimum atomic E-state index is -1.44. The van der Waals surface area contributed by atoms with Gasteiger partial charge in [0.05, 0.1) is 5.97 Å². The first-order valence-electron chi connectivity index (χ1n) is 3.61. The van der Waals surface area contributed by atoms with Crippen molar-refractivity contribution >= 4 is 17.9 Å². The Morgan fingerprint density at radius 3 is 1.44 bits per heavy atom. The summed E-state index contributed by atoms with van der Waals surface area (Å²) in [4.78, 5) is 28.5. The van der Waals surface area contributed by atoms with Gasteiger partial charge in [-0.2, -0.15) is 0 Å². The average molecular weight is 296 g/mol. The number of carbonyl (C=O) groups excluding carboxylic acids is 3. The third-order valence-corrected chi connectivity index (χ3v) is 0.962. The molecule has 0 aliphatic rings. The normalized spacial score (nSPS) is 8.33. The molecule has 0 amide bonds. The summed E-state index contributed by atoms with van der Waals surface area (Å²) in [5.74, 6) is -3.84. The topological polar surface area (TPSA) is 146 Å². The molecular weight excluding hydrogens is 286 g/mol. The van der Waals surface area contributed by atoms with Gasteiger partial charge >= 0.3 is 118 Å². The minimum absolute atomic E-state index is 0. The van der Waals surface area contributed by atoms with Gasteiger partial charge in [-0.15, -0.1) is 0 Å². The Hall–Kier alpha value is 2.37. The number of nitrogens with two attached hydrogens (primary N) is 1. The van der Waals surface area contributed by atoms with Crippen molar-refractivity contribution in [2.75, 3.05) is 0 Å². The van der Waals surface area contributed by atoms with Gasteiger partial charge in [-0.05, 0) is 19.8 Å². The second-order valence-electron chi connectivity index (χ2n) is 2.33. The number of carboxylic acids is 3. The standard InChI is InChI=1S/C5H9NO4.C2H4O2.4Na/c6-3(5(9)10)1-2-4(7)8;1-2(3)4;;;;/h3H,1-2,6H2,(H,7,8)(H,9,10);1H3,(H,3,4);;;;/q;;4*+1/p-3/t3-;;;;;/m0...../s1. The van der Waals surface area contributed by atoms with Crippen LogP contribution in [0.2, 0.25) is 0 Å². The second-order valence-corrected chi connectivity index (χ2v) is 2.33. The first-order valence-corrected chi connectivity index (χ1v) is 3.61. The van der Waals surface area contributed by atoms with Gasteiger partial charge in [-0.1, -0.05) is 0 Å². The fourth-order valence-electron chi connectivity index (χ4n) is 0.391. The zero-order valence-corrected chi connectivity index (χ0v) is 19.5. The number of hydrogen-bond acceptors (Lipinski definition) is 7. The van der Waals surface area contributed by atoms with Crippen LogP contribution in [0.25, 0.3) is 0 Å². The maximum absolute atomic E-state index is 9.86. The molecule has 11 heteroatoms. The van der Waals surface area contributed by atoms with E-state index in [4.69, 9.17) is 15.6 Å². The minimum Gasteiger partial charge on any atom is -0.550 e. The summed E-state index contributed by atoms with van der Waals surface area (Å²) in [6.45, 7) is 0.972. The van der Waals surface area contributed by atoms with Crippen molar-refractivity contribution in [1.29, 1.82) is 0 Å². The summed E-state index contributed by atoms with van der Waals surface area (Å²) >= 11 is 0. The zero-order valence-electron chi connectivity index (χ0n) is 11.5. The fraction of sp³-hybridized carbons (Fsp3) is 0.571. The van der Waals surface area contributed by atoms with Gasteiger partial charge in [0.25, 0.3) is 0 Å². The van der Waals surface area contributed by atoms with Crippen molar-refractivity contribution in [3.05, 3.63) is 0 Å². The van der Waals surface area contributed by atoms with Gasteiger partial charge in [-0.3, -0.25) is 0 Å². The Morgan fingerprint density at radius 1 is 1.00 bits per heavy atom. The van der Waals surface area contributed by atoms with E-state index >= 15 is 0 Å². The van der Waals surface area contributed by atoms with E-state index in [-0.39, 0.29) is 131 Å². The Labute approximate surface area is 194 Å². The van der Waals surface area contributed by atoms with Gasteiger partial charge in [0.2, 0.25) is 0 Å². The number of carbonyl (C=O) groups is 3. The molecule has 0 heterocycles. The smallest absolute Gasteiger partial charge is 0.550 e. The Morgan fingerprint density at radius 2 is 1.28 bits per heavy atom. The van der Waals surface area contributed by atoms with E-state index in [9.17, 15) is 19.8 Å². The maximum atomic E-state index is 9.86. The molecule has 0 saturated carbocycles. The molecule has 2 N–H and O–H groups in total. The van der Waals surface area contributed by atoms with Crippen LogP contribution in [0.15, 0.2) is 0 Å². The van der Waals surface area contributed by atoms with E-state index in [1.165, 1.54) is 0 Å². The quantitative estimate of drug-likeness (QED) is 0.506. The summed E-state index contributed by atoms with van der Waals surface area (Å²) in [7, 11) is 0. The van der Waals surface area contributed by atoms with Gasteiger partial charge in [-0.25, -0.2) is 0 Å². The second kappa shape index (κ2) is 24.4. The third-order valence-electron chi connectivity index (χ3n) is 0.962. The largest absolute Gasteiger partial charge is 1.00 e. The first kappa shape index (κ1) is 37.0. The maximum Gasteiger partial charge on any atom is 1.00 e. The van der Waals surface area contributed by atoms with Crippen LogP contribution in [0, 0.1) is 0 Å². The average Bonchev–Trinajstić information content (AvgIpc) is 1.98. The molecule has 0 radical (unpaired) electrons.